The Morgan fingerprint density at radius 2 is 1.26 bits per heavy atom. The monoisotopic (exact) mass is 501 g/mol. The van der Waals surface area contributed by atoms with Crippen molar-refractivity contribution in [2.75, 3.05) is 0 Å². The van der Waals surface area contributed by atoms with Gasteiger partial charge in [-0.2, -0.15) is 4.98 Å². The highest BCUT2D eigenvalue weighted by Gasteiger charge is 2.28. The molecule has 8 aromatic rings. The molecule has 182 valence electrons. The van der Waals surface area contributed by atoms with E-state index in [9.17, 15) is 0 Å². The van der Waals surface area contributed by atoms with Crippen LogP contribution in [0.2, 0.25) is 0 Å². The maximum absolute atomic E-state index is 6.58. The van der Waals surface area contributed by atoms with E-state index < -0.39 is 0 Å². The molecule has 0 fully saturated rings. The summed E-state index contributed by atoms with van der Waals surface area (Å²) in [6.45, 7) is 0. The van der Waals surface area contributed by atoms with E-state index in [1.54, 1.807) is 6.33 Å². The molecule has 1 aliphatic heterocycles. The van der Waals surface area contributed by atoms with Crippen LogP contribution in [0.1, 0.15) is 0 Å². The van der Waals surface area contributed by atoms with E-state index in [0.717, 1.165) is 55.6 Å². The average molecular weight is 502 g/mol. The molecule has 9 rings (SSSR count). The Bertz CT molecular complexity index is 2260. The molecule has 1 aliphatic rings. The molecule has 0 amide bonds. The standard InChI is InChI=1S/C33H19N5O/c1-2-10-20(11-3-1)32-34-19-35-33(36-32)38-24-15-7-4-12-21(24)29-26(38)18-28-31-30(29)22-13-5-6-14-23(22)37(31)25-16-8-9-17-27(25)39-28/h1-19H. The fraction of sp³-hybridized carbons (Fsp3) is 0. The zero-order valence-corrected chi connectivity index (χ0v) is 20.6. The second-order valence-corrected chi connectivity index (χ2v) is 9.74. The second-order valence-electron chi connectivity index (χ2n) is 9.74. The van der Waals surface area contributed by atoms with Gasteiger partial charge in [0.05, 0.1) is 27.8 Å². The van der Waals surface area contributed by atoms with Crippen LogP contribution < -0.4 is 4.74 Å². The van der Waals surface area contributed by atoms with E-state index in [1.807, 2.05) is 42.5 Å². The maximum Gasteiger partial charge on any atom is 0.238 e. The first kappa shape index (κ1) is 20.6. The number of ether oxygens (including phenoxy) is 1. The number of nitrogens with zero attached hydrogens (tertiary/aromatic N) is 5. The van der Waals surface area contributed by atoms with E-state index >= 15 is 0 Å². The molecule has 5 aromatic carbocycles. The van der Waals surface area contributed by atoms with Crippen LogP contribution >= 0.6 is 0 Å². The zero-order valence-electron chi connectivity index (χ0n) is 20.6. The Labute approximate surface area is 222 Å². The third kappa shape index (κ3) is 2.72. The molecule has 0 atom stereocenters. The van der Waals surface area contributed by atoms with Crippen LogP contribution in [0.4, 0.5) is 0 Å². The summed E-state index contributed by atoms with van der Waals surface area (Å²) in [7, 11) is 0. The minimum absolute atomic E-state index is 0.571. The van der Waals surface area contributed by atoms with Gasteiger partial charge < -0.3 is 9.30 Å². The van der Waals surface area contributed by atoms with E-state index in [1.165, 1.54) is 10.8 Å². The number of para-hydroxylation sites is 4. The summed E-state index contributed by atoms with van der Waals surface area (Å²) in [5.74, 6) is 2.85. The molecule has 0 aliphatic carbocycles. The lowest BCUT2D eigenvalue weighted by molar-refractivity contribution is 0.477. The van der Waals surface area contributed by atoms with Gasteiger partial charge in [0.2, 0.25) is 5.95 Å². The Balaban J connectivity index is 1.47. The largest absolute Gasteiger partial charge is 0.453 e. The molecule has 6 heteroatoms. The van der Waals surface area contributed by atoms with Crippen LogP contribution in [-0.2, 0) is 0 Å². The van der Waals surface area contributed by atoms with Crippen molar-refractivity contribution in [2.24, 2.45) is 0 Å². The molecule has 0 saturated carbocycles. The van der Waals surface area contributed by atoms with Gasteiger partial charge in [-0.25, -0.2) is 9.97 Å². The Hall–Kier alpha value is -5.49. The molecular formula is C33H19N5O. The topological polar surface area (TPSA) is 57.8 Å². The van der Waals surface area contributed by atoms with Crippen LogP contribution in [-0.4, -0.2) is 24.1 Å². The van der Waals surface area contributed by atoms with Crippen molar-refractivity contribution in [3.05, 3.63) is 116 Å². The van der Waals surface area contributed by atoms with Crippen molar-refractivity contribution >= 4 is 43.6 Å². The van der Waals surface area contributed by atoms with Crippen LogP contribution in [0.5, 0.6) is 11.5 Å². The highest BCUT2D eigenvalue weighted by Crippen LogP contribution is 2.50. The van der Waals surface area contributed by atoms with Crippen molar-refractivity contribution in [1.29, 1.82) is 0 Å². The molecule has 0 spiro atoms. The van der Waals surface area contributed by atoms with Crippen LogP contribution in [0.3, 0.4) is 0 Å². The van der Waals surface area contributed by atoms with E-state index in [0.29, 0.717) is 11.8 Å². The molecule has 3 aromatic heterocycles. The van der Waals surface area contributed by atoms with Crippen LogP contribution in [0.25, 0.3) is 66.6 Å². The van der Waals surface area contributed by atoms with Gasteiger partial charge in [0, 0.05) is 33.2 Å². The van der Waals surface area contributed by atoms with Gasteiger partial charge in [-0.1, -0.05) is 78.9 Å². The lowest BCUT2D eigenvalue weighted by atomic mass is 10.0. The summed E-state index contributed by atoms with van der Waals surface area (Å²) in [5.41, 5.74) is 6.24. The van der Waals surface area contributed by atoms with Gasteiger partial charge in [-0.15, -0.1) is 0 Å². The molecule has 6 nitrogen and oxygen atoms in total. The summed E-state index contributed by atoms with van der Waals surface area (Å²) >= 11 is 0. The minimum Gasteiger partial charge on any atom is -0.453 e. The first-order valence-electron chi connectivity index (χ1n) is 12.9. The second kappa shape index (κ2) is 7.52. The van der Waals surface area contributed by atoms with Gasteiger partial charge in [0.15, 0.2) is 17.3 Å². The highest BCUT2D eigenvalue weighted by molar-refractivity contribution is 6.30. The molecule has 0 saturated heterocycles. The number of hydrogen-bond donors (Lipinski definition) is 0. The summed E-state index contributed by atoms with van der Waals surface area (Å²) in [5, 5.41) is 4.65. The minimum atomic E-state index is 0.571. The fourth-order valence-electron chi connectivity index (χ4n) is 6.09. The van der Waals surface area contributed by atoms with Gasteiger partial charge >= 0.3 is 0 Å². The highest BCUT2D eigenvalue weighted by atomic mass is 16.5. The quantitative estimate of drug-likeness (QED) is 0.242. The molecule has 0 radical (unpaired) electrons. The van der Waals surface area contributed by atoms with E-state index in [4.69, 9.17) is 9.72 Å². The zero-order chi connectivity index (χ0) is 25.5. The van der Waals surface area contributed by atoms with Crippen LogP contribution in [0.15, 0.2) is 116 Å². The lowest BCUT2D eigenvalue weighted by Crippen LogP contribution is -2.05. The number of rotatable bonds is 2. The summed E-state index contributed by atoms with van der Waals surface area (Å²) < 4.78 is 11.0. The van der Waals surface area contributed by atoms with Crippen molar-refractivity contribution < 1.29 is 4.74 Å². The summed E-state index contributed by atoms with van der Waals surface area (Å²) in [6.07, 6.45) is 1.59. The first-order chi connectivity index (χ1) is 19.4. The molecule has 0 unspecified atom stereocenters. The Morgan fingerprint density at radius 3 is 2.10 bits per heavy atom. The molecule has 39 heavy (non-hydrogen) atoms. The van der Waals surface area contributed by atoms with Gasteiger partial charge in [0.1, 0.15) is 6.33 Å². The predicted molar refractivity (Wildman–Crippen MR) is 154 cm³/mol. The average Bonchev–Trinajstić information content (AvgIpc) is 3.52. The fourth-order valence-corrected chi connectivity index (χ4v) is 6.09. The molecule has 4 heterocycles. The third-order valence-electron chi connectivity index (χ3n) is 7.65. The number of fused-ring (bicyclic) bond motifs is 9. The lowest BCUT2D eigenvalue weighted by Gasteiger charge is -2.21. The molecule has 0 N–H and O–H groups in total. The van der Waals surface area contributed by atoms with Crippen molar-refractivity contribution in [2.45, 2.75) is 0 Å². The maximum atomic E-state index is 6.58. The molecular weight excluding hydrogens is 482 g/mol. The normalized spacial score (nSPS) is 12.3. The summed E-state index contributed by atoms with van der Waals surface area (Å²) in [6, 6.07) is 37.4. The van der Waals surface area contributed by atoms with Gasteiger partial charge in [0.25, 0.3) is 0 Å². The summed E-state index contributed by atoms with van der Waals surface area (Å²) in [4.78, 5) is 14.1. The first-order valence-corrected chi connectivity index (χ1v) is 12.9. The third-order valence-corrected chi connectivity index (χ3v) is 7.65. The van der Waals surface area contributed by atoms with E-state index in [-0.39, 0.29) is 0 Å². The smallest absolute Gasteiger partial charge is 0.238 e. The number of benzene rings is 5. The predicted octanol–water partition coefficient (Wildman–Crippen LogP) is 7.84. The Morgan fingerprint density at radius 1 is 0.564 bits per heavy atom. The number of aromatic nitrogens is 5. The van der Waals surface area contributed by atoms with E-state index in [2.05, 4.69) is 85.8 Å². The number of hydrogen-bond acceptors (Lipinski definition) is 4. The SMILES string of the molecule is c1ccc(-c2ncnc(-n3c4ccccc4c4c5c6ccccc6n6c5c(cc43)Oc3ccccc3-6)n2)cc1. The van der Waals surface area contributed by atoms with Crippen molar-refractivity contribution in [3.8, 4) is 34.5 Å². The van der Waals surface area contributed by atoms with Crippen molar-refractivity contribution in [1.82, 2.24) is 24.1 Å². The van der Waals surface area contributed by atoms with Crippen LogP contribution in [0, 0.1) is 0 Å². The van der Waals surface area contributed by atoms with Crippen molar-refractivity contribution in [3.63, 3.8) is 0 Å². The Kier molecular flexibility index (Phi) is 3.96. The van der Waals surface area contributed by atoms with Gasteiger partial charge in [-0.05, 0) is 24.3 Å². The van der Waals surface area contributed by atoms with Gasteiger partial charge in [-0.3, -0.25) is 4.57 Å². The molecule has 0 bridgehead atoms.